The summed E-state index contributed by atoms with van der Waals surface area (Å²) in [4.78, 5) is 11.6. The molecule has 0 bridgehead atoms. The van der Waals surface area contributed by atoms with Crippen molar-refractivity contribution in [2.45, 2.75) is 33.7 Å². The van der Waals surface area contributed by atoms with E-state index in [4.69, 9.17) is 0 Å². The summed E-state index contributed by atoms with van der Waals surface area (Å²) in [5.41, 5.74) is 0.870. The van der Waals surface area contributed by atoms with Crippen LogP contribution in [0.25, 0.3) is 0 Å². The molecular weight excluding hydrogens is 200 g/mol. The number of benzene rings is 1. The van der Waals surface area contributed by atoms with Crippen LogP contribution in [0.15, 0.2) is 30.3 Å². The molecule has 1 aromatic rings. The number of nitrogens with one attached hydrogen (secondary N) is 2. The topological polar surface area (TPSA) is 41.1 Å². The Kier molecular flexibility index (Phi) is 3.93. The zero-order valence-corrected chi connectivity index (χ0v) is 10.4. The van der Waals surface area contributed by atoms with Crippen LogP contribution in [0.3, 0.4) is 0 Å². The van der Waals surface area contributed by atoms with Crippen LogP contribution in [-0.2, 0) is 0 Å². The molecule has 0 saturated carbocycles. The molecule has 2 amide bonds. The zero-order chi connectivity index (χ0) is 12.2. The first kappa shape index (κ1) is 12.6. The van der Waals surface area contributed by atoms with Gasteiger partial charge >= 0.3 is 6.03 Å². The van der Waals surface area contributed by atoms with Gasteiger partial charge in [-0.1, -0.05) is 39.0 Å². The van der Waals surface area contributed by atoms with Gasteiger partial charge in [-0.15, -0.1) is 0 Å². The molecule has 16 heavy (non-hydrogen) atoms. The van der Waals surface area contributed by atoms with E-state index in [0.717, 1.165) is 5.69 Å². The van der Waals surface area contributed by atoms with Gasteiger partial charge in [-0.05, 0) is 24.5 Å². The molecule has 0 radical (unpaired) electrons. The van der Waals surface area contributed by atoms with Crippen LogP contribution in [0.4, 0.5) is 10.5 Å². The average Bonchev–Trinajstić information content (AvgIpc) is 2.17. The highest BCUT2D eigenvalue weighted by atomic mass is 16.2. The quantitative estimate of drug-likeness (QED) is 0.789. The smallest absolute Gasteiger partial charge is 0.319 e. The summed E-state index contributed by atoms with van der Waals surface area (Å²) in [5, 5.41) is 5.71. The molecule has 3 nitrogen and oxygen atoms in total. The van der Waals surface area contributed by atoms with Gasteiger partial charge in [0, 0.05) is 11.7 Å². The molecule has 0 spiro atoms. The van der Waals surface area contributed by atoms with Crippen molar-refractivity contribution in [2.24, 2.45) is 5.41 Å². The van der Waals surface area contributed by atoms with Crippen LogP contribution in [0.1, 0.15) is 27.7 Å². The molecule has 0 saturated heterocycles. The fraction of sp³-hybridized carbons (Fsp3) is 0.462. The second-order valence-electron chi connectivity index (χ2n) is 5.05. The van der Waals surface area contributed by atoms with E-state index >= 15 is 0 Å². The molecule has 1 rings (SSSR count). The van der Waals surface area contributed by atoms with Crippen LogP contribution < -0.4 is 10.6 Å². The SMILES string of the molecule is C[C@@H](NC(=O)Nc1ccccc1)C(C)(C)C. The molecule has 1 atom stereocenters. The lowest BCUT2D eigenvalue weighted by Crippen LogP contribution is -2.43. The number of hydrogen-bond donors (Lipinski definition) is 2. The molecular formula is C13H20N2O. The molecule has 0 aliphatic rings. The highest BCUT2D eigenvalue weighted by Crippen LogP contribution is 2.18. The van der Waals surface area contributed by atoms with Gasteiger partial charge in [0.15, 0.2) is 0 Å². The van der Waals surface area contributed by atoms with Crippen LogP contribution >= 0.6 is 0 Å². The van der Waals surface area contributed by atoms with Crippen molar-refractivity contribution in [2.75, 3.05) is 5.32 Å². The lowest BCUT2D eigenvalue weighted by molar-refractivity contribution is 0.233. The second-order valence-corrected chi connectivity index (χ2v) is 5.05. The minimum absolute atomic E-state index is 0.0635. The van der Waals surface area contributed by atoms with Gasteiger partial charge in [0.25, 0.3) is 0 Å². The Hall–Kier alpha value is -1.51. The first-order chi connectivity index (χ1) is 7.39. The second kappa shape index (κ2) is 5.01. The predicted molar refractivity (Wildman–Crippen MR) is 67.5 cm³/mol. The van der Waals surface area contributed by atoms with Gasteiger partial charge in [0.2, 0.25) is 0 Å². The molecule has 0 unspecified atom stereocenters. The summed E-state index contributed by atoms with van der Waals surface area (Å²) >= 11 is 0. The Bertz CT molecular complexity index is 341. The third-order valence-corrected chi connectivity index (χ3v) is 2.68. The van der Waals surface area contributed by atoms with Gasteiger partial charge in [0.1, 0.15) is 0 Å². The molecule has 0 aromatic heterocycles. The first-order valence-corrected chi connectivity index (χ1v) is 5.52. The van der Waals surface area contributed by atoms with E-state index in [-0.39, 0.29) is 17.5 Å². The fourth-order valence-corrected chi connectivity index (χ4v) is 1.10. The van der Waals surface area contributed by atoms with Gasteiger partial charge in [-0.3, -0.25) is 0 Å². The highest BCUT2D eigenvalue weighted by molar-refractivity contribution is 5.89. The minimum Gasteiger partial charge on any atom is -0.335 e. The summed E-state index contributed by atoms with van der Waals surface area (Å²) in [6, 6.07) is 9.39. The molecule has 2 N–H and O–H groups in total. The Morgan fingerprint density at radius 3 is 2.25 bits per heavy atom. The largest absolute Gasteiger partial charge is 0.335 e. The standard InChI is InChI=1S/C13H20N2O/c1-10(13(2,3)4)14-12(16)15-11-8-6-5-7-9-11/h5-10H,1-4H3,(H2,14,15,16)/t10-/m1/s1. The van der Waals surface area contributed by atoms with Crippen LogP contribution in [-0.4, -0.2) is 12.1 Å². The third-order valence-electron chi connectivity index (χ3n) is 2.68. The number of amides is 2. The van der Waals surface area contributed by atoms with Gasteiger partial charge < -0.3 is 10.6 Å². The fourth-order valence-electron chi connectivity index (χ4n) is 1.10. The number of para-hydroxylation sites is 1. The van der Waals surface area contributed by atoms with E-state index < -0.39 is 0 Å². The minimum atomic E-state index is -0.159. The van der Waals surface area contributed by atoms with Crippen LogP contribution in [0.5, 0.6) is 0 Å². The average molecular weight is 220 g/mol. The molecule has 0 heterocycles. The Morgan fingerprint density at radius 2 is 1.75 bits per heavy atom. The van der Waals surface area contributed by atoms with Crippen LogP contribution in [0.2, 0.25) is 0 Å². The maximum atomic E-state index is 11.6. The number of carbonyl (C=O) groups is 1. The van der Waals surface area contributed by atoms with Crippen molar-refractivity contribution >= 4 is 11.7 Å². The van der Waals surface area contributed by atoms with Crippen molar-refractivity contribution < 1.29 is 4.79 Å². The maximum absolute atomic E-state index is 11.6. The van der Waals surface area contributed by atoms with Crippen LogP contribution in [0, 0.1) is 5.41 Å². The molecule has 88 valence electrons. The van der Waals surface area contributed by atoms with Gasteiger partial charge in [-0.25, -0.2) is 4.79 Å². The van der Waals surface area contributed by atoms with Crippen molar-refractivity contribution in [3.8, 4) is 0 Å². The Balaban J connectivity index is 2.49. The van der Waals surface area contributed by atoms with E-state index in [0.29, 0.717) is 0 Å². The summed E-state index contributed by atoms with van der Waals surface area (Å²) in [7, 11) is 0. The molecule has 0 aliphatic heterocycles. The van der Waals surface area contributed by atoms with Crippen molar-refractivity contribution in [1.29, 1.82) is 0 Å². The molecule has 3 heteroatoms. The summed E-state index contributed by atoms with van der Waals surface area (Å²) in [6.45, 7) is 8.30. The normalized spacial score (nSPS) is 13.0. The van der Waals surface area contributed by atoms with Crippen molar-refractivity contribution in [1.82, 2.24) is 5.32 Å². The monoisotopic (exact) mass is 220 g/mol. The van der Waals surface area contributed by atoms with Crippen molar-refractivity contribution in [3.05, 3.63) is 30.3 Å². The number of anilines is 1. The molecule has 0 fully saturated rings. The third kappa shape index (κ3) is 3.93. The maximum Gasteiger partial charge on any atom is 0.319 e. The first-order valence-electron chi connectivity index (χ1n) is 5.52. The number of carbonyl (C=O) groups excluding carboxylic acids is 1. The van der Waals surface area contributed by atoms with E-state index in [1.165, 1.54) is 0 Å². The summed E-state index contributed by atoms with van der Waals surface area (Å²) < 4.78 is 0. The summed E-state index contributed by atoms with van der Waals surface area (Å²) in [6.07, 6.45) is 0. The van der Waals surface area contributed by atoms with Gasteiger partial charge in [-0.2, -0.15) is 0 Å². The number of urea groups is 1. The Morgan fingerprint density at radius 1 is 1.19 bits per heavy atom. The number of rotatable bonds is 2. The summed E-state index contributed by atoms with van der Waals surface area (Å²) in [5.74, 6) is 0. The Labute approximate surface area is 97.2 Å². The van der Waals surface area contributed by atoms with E-state index in [9.17, 15) is 4.79 Å². The van der Waals surface area contributed by atoms with E-state index in [1.54, 1.807) is 0 Å². The number of hydrogen-bond acceptors (Lipinski definition) is 1. The predicted octanol–water partition coefficient (Wildman–Crippen LogP) is 3.24. The lowest BCUT2D eigenvalue weighted by Gasteiger charge is -2.28. The molecule has 0 aliphatic carbocycles. The highest BCUT2D eigenvalue weighted by Gasteiger charge is 2.21. The lowest BCUT2D eigenvalue weighted by atomic mass is 9.88. The van der Waals surface area contributed by atoms with Gasteiger partial charge in [0.05, 0.1) is 0 Å². The zero-order valence-electron chi connectivity index (χ0n) is 10.4. The van der Waals surface area contributed by atoms with E-state index in [1.807, 2.05) is 37.3 Å². The van der Waals surface area contributed by atoms with Crippen molar-refractivity contribution in [3.63, 3.8) is 0 Å². The molecule has 1 aromatic carbocycles. The van der Waals surface area contributed by atoms with E-state index in [2.05, 4.69) is 31.4 Å².